The minimum absolute atomic E-state index is 0.0181. The van der Waals surface area contributed by atoms with E-state index in [1.807, 2.05) is 0 Å². The van der Waals surface area contributed by atoms with Crippen LogP contribution in [-0.4, -0.2) is 0 Å². The molecule has 0 aromatic heterocycles. The van der Waals surface area contributed by atoms with Crippen LogP contribution in [0.25, 0.3) is 11.1 Å². The first-order valence-corrected chi connectivity index (χ1v) is 11.6. The van der Waals surface area contributed by atoms with Crippen LogP contribution >= 0.6 is 0 Å². The maximum Gasteiger partial charge on any atom is 0.120 e. The molecule has 4 aromatic rings. The summed E-state index contributed by atoms with van der Waals surface area (Å²) >= 11 is 0. The molecule has 5 rings (SSSR count). The molecule has 1 aliphatic rings. The molecule has 0 spiro atoms. The van der Waals surface area contributed by atoms with Crippen molar-refractivity contribution in [2.24, 2.45) is 0 Å². The molecule has 0 amide bonds. The van der Waals surface area contributed by atoms with Gasteiger partial charge in [0.05, 0.1) is 0 Å². The Kier molecular flexibility index (Phi) is 5.76. The fourth-order valence-corrected chi connectivity index (χ4v) is 4.49. The summed E-state index contributed by atoms with van der Waals surface area (Å²) in [4.78, 5) is 2.42. The van der Waals surface area contributed by atoms with Crippen molar-refractivity contribution >= 4 is 5.69 Å². The molecule has 1 aliphatic heterocycles. The second kappa shape index (κ2) is 8.86. The van der Waals surface area contributed by atoms with Crippen LogP contribution < -0.4 is 15.8 Å². The van der Waals surface area contributed by atoms with Gasteiger partial charge in [0, 0.05) is 5.69 Å². The second-order valence-corrected chi connectivity index (χ2v) is 9.70. The van der Waals surface area contributed by atoms with E-state index in [1.54, 1.807) is 0 Å². The SMILES string of the molecule is CC(C)(C)c1ccc(C2NN[C@@H](c3ccc(-c4ccccc4)cc3)N2c2ccccc2)cc1. The third kappa shape index (κ3) is 4.43. The number of para-hydroxylation sites is 1. The molecular weight excluding hydrogens is 402 g/mol. The van der Waals surface area contributed by atoms with Crippen molar-refractivity contribution in [1.29, 1.82) is 0 Å². The van der Waals surface area contributed by atoms with Gasteiger partial charge in [0.25, 0.3) is 0 Å². The zero-order valence-electron chi connectivity index (χ0n) is 19.5. The van der Waals surface area contributed by atoms with Gasteiger partial charge in [0.2, 0.25) is 0 Å². The lowest BCUT2D eigenvalue weighted by molar-refractivity contribution is 0.554. The summed E-state index contributed by atoms with van der Waals surface area (Å²) in [5.74, 6) is 0. The molecule has 2 atom stereocenters. The summed E-state index contributed by atoms with van der Waals surface area (Å²) in [7, 11) is 0. The quantitative estimate of drug-likeness (QED) is 0.364. The van der Waals surface area contributed by atoms with Crippen LogP contribution in [-0.2, 0) is 5.41 Å². The van der Waals surface area contributed by atoms with E-state index in [0.29, 0.717) is 0 Å². The molecule has 1 heterocycles. The number of benzene rings is 4. The first-order valence-electron chi connectivity index (χ1n) is 11.6. The molecule has 3 heteroatoms. The van der Waals surface area contributed by atoms with Crippen molar-refractivity contribution in [3.63, 3.8) is 0 Å². The normalized spacial score (nSPS) is 18.5. The van der Waals surface area contributed by atoms with Crippen LogP contribution in [0.4, 0.5) is 5.69 Å². The predicted octanol–water partition coefficient (Wildman–Crippen LogP) is 6.96. The Bertz CT molecular complexity index is 1180. The van der Waals surface area contributed by atoms with Crippen LogP contribution in [0, 0.1) is 0 Å². The van der Waals surface area contributed by atoms with E-state index in [0.717, 1.165) is 0 Å². The van der Waals surface area contributed by atoms with Gasteiger partial charge in [-0.3, -0.25) is 0 Å². The summed E-state index contributed by atoms with van der Waals surface area (Å²) in [5.41, 5.74) is 14.7. The van der Waals surface area contributed by atoms with Crippen LogP contribution in [0.3, 0.4) is 0 Å². The Labute approximate surface area is 197 Å². The van der Waals surface area contributed by atoms with Crippen molar-refractivity contribution in [1.82, 2.24) is 10.9 Å². The number of nitrogens with one attached hydrogen (secondary N) is 2. The van der Waals surface area contributed by atoms with Crippen molar-refractivity contribution in [3.05, 3.63) is 126 Å². The molecular formula is C30H31N3. The van der Waals surface area contributed by atoms with Gasteiger partial charge in [-0.25, -0.2) is 10.9 Å². The average Bonchev–Trinajstić information content (AvgIpc) is 3.30. The predicted molar refractivity (Wildman–Crippen MR) is 138 cm³/mol. The molecule has 0 bridgehead atoms. The zero-order chi connectivity index (χ0) is 22.8. The van der Waals surface area contributed by atoms with Crippen molar-refractivity contribution < 1.29 is 0 Å². The molecule has 166 valence electrons. The molecule has 2 N–H and O–H groups in total. The third-order valence-corrected chi connectivity index (χ3v) is 6.39. The molecule has 0 aliphatic carbocycles. The number of hydrazine groups is 1. The summed E-state index contributed by atoms with van der Waals surface area (Å²) < 4.78 is 0. The molecule has 0 saturated carbocycles. The summed E-state index contributed by atoms with van der Waals surface area (Å²) in [5, 5.41) is 0. The Morgan fingerprint density at radius 3 is 1.52 bits per heavy atom. The lowest BCUT2D eigenvalue weighted by Gasteiger charge is -2.31. The van der Waals surface area contributed by atoms with Gasteiger partial charge in [0.1, 0.15) is 12.3 Å². The van der Waals surface area contributed by atoms with Gasteiger partial charge >= 0.3 is 0 Å². The van der Waals surface area contributed by atoms with Crippen molar-refractivity contribution in [3.8, 4) is 11.1 Å². The molecule has 3 nitrogen and oxygen atoms in total. The minimum Gasteiger partial charge on any atom is -0.330 e. The van der Waals surface area contributed by atoms with Gasteiger partial charge in [-0.2, -0.15) is 0 Å². The molecule has 33 heavy (non-hydrogen) atoms. The van der Waals surface area contributed by atoms with E-state index in [2.05, 4.69) is 146 Å². The standard InChI is InChI=1S/C30H31N3/c1-30(2,3)26-20-18-25(19-21-26)29-32-31-28(33(29)27-12-8-5-9-13-27)24-16-14-23(15-17-24)22-10-6-4-7-11-22/h4-21,28-29,31-32H,1-3H3/t28-,29?/m1/s1. The van der Waals surface area contributed by atoms with Crippen molar-refractivity contribution in [2.45, 2.75) is 38.5 Å². The number of hydrogen-bond donors (Lipinski definition) is 2. The summed E-state index contributed by atoms with van der Waals surface area (Å²) in [6.07, 6.45) is 0.0461. The zero-order valence-corrected chi connectivity index (χ0v) is 19.5. The first-order chi connectivity index (χ1) is 16.0. The van der Waals surface area contributed by atoms with Crippen molar-refractivity contribution in [2.75, 3.05) is 4.90 Å². The second-order valence-electron chi connectivity index (χ2n) is 9.70. The highest BCUT2D eigenvalue weighted by Crippen LogP contribution is 2.37. The highest BCUT2D eigenvalue weighted by Gasteiger charge is 2.35. The number of hydrogen-bond acceptors (Lipinski definition) is 3. The monoisotopic (exact) mass is 433 g/mol. The molecule has 4 aromatic carbocycles. The van der Waals surface area contributed by atoms with Gasteiger partial charge < -0.3 is 4.90 Å². The van der Waals surface area contributed by atoms with Crippen LogP contribution in [0.15, 0.2) is 109 Å². The third-order valence-electron chi connectivity index (χ3n) is 6.39. The van der Waals surface area contributed by atoms with Gasteiger partial charge in [-0.1, -0.05) is 118 Å². The van der Waals surface area contributed by atoms with Gasteiger partial charge in [0.15, 0.2) is 0 Å². The van der Waals surface area contributed by atoms with E-state index in [-0.39, 0.29) is 17.7 Å². The topological polar surface area (TPSA) is 27.3 Å². The number of anilines is 1. The van der Waals surface area contributed by atoms with E-state index in [9.17, 15) is 0 Å². The van der Waals surface area contributed by atoms with E-state index in [1.165, 1.54) is 33.5 Å². The largest absolute Gasteiger partial charge is 0.330 e. The van der Waals surface area contributed by atoms with Crippen LogP contribution in [0.1, 0.15) is 49.8 Å². The molecule has 1 fully saturated rings. The Hall–Kier alpha value is -3.40. The molecule has 1 saturated heterocycles. The van der Waals surface area contributed by atoms with E-state index < -0.39 is 0 Å². The Morgan fingerprint density at radius 2 is 1.00 bits per heavy atom. The maximum absolute atomic E-state index is 3.55. The first kappa shape index (κ1) is 21.4. The lowest BCUT2D eigenvalue weighted by Crippen LogP contribution is -2.29. The smallest absolute Gasteiger partial charge is 0.120 e. The molecule has 1 unspecified atom stereocenters. The Morgan fingerprint density at radius 1 is 0.545 bits per heavy atom. The van der Waals surface area contributed by atoms with Gasteiger partial charge in [-0.05, 0) is 45.4 Å². The van der Waals surface area contributed by atoms with Crippen LogP contribution in [0.5, 0.6) is 0 Å². The number of rotatable bonds is 4. The van der Waals surface area contributed by atoms with Crippen LogP contribution in [0.2, 0.25) is 0 Å². The maximum atomic E-state index is 3.55. The van der Waals surface area contributed by atoms with E-state index in [4.69, 9.17) is 0 Å². The average molecular weight is 434 g/mol. The summed E-state index contributed by atoms with van der Waals surface area (Å²) in [6.45, 7) is 6.76. The molecule has 0 radical (unpaired) electrons. The van der Waals surface area contributed by atoms with E-state index >= 15 is 0 Å². The lowest BCUT2D eigenvalue weighted by atomic mass is 9.86. The number of nitrogens with zero attached hydrogens (tertiary/aromatic N) is 1. The minimum atomic E-state index is 0.0181. The highest BCUT2D eigenvalue weighted by molar-refractivity contribution is 5.64. The summed E-state index contributed by atoms with van der Waals surface area (Å²) in [6, 6.07) is 39.0. The Balaban J connectivity index is 1.48. The fraction of sp³-hybridized carbons (Fsp3) is 0.200. The van der Waals surface area contributed by atoms with Gasteiger partial charge in [-0.15, -0.1) is 0 Å². The highest BCUT2D eigenvalue weighted by atomic mass is 15.6. The fourth-order valence-electron chi connectivity index (χ4n) is 4.49.